The summed E-state index contributed by atoms with van der Waals surface area (Å²) in [6, 6.07) is 0. The lowest BCUT2D eigenvalue weighted by molar-refractivity contribution is -0.00916. The summed E-state index contributed by atoms with van der Waals surface area (Å²) in [7, 11) is 3.74. The molecule has 6 heteroatoms. The Balaban J connectivity index is 2.18. The molecule has 1 aliphatic rings. The lowest BCUT2D eigenvalue weighted by Gasteiger charge is -2.29. The van der Waals surface area contributed by atoms with Crippen LogP contribution in [0, 0.1) is 0 Å². The van der Waals surface area contributed by atoms with E-state index in [1.807, 2.05) is 7.05 Å². The minimum absolute atomic E-state index is 0.0153. The summed E-state index contributed by atoms with van der Waals surface area (Å²) in [4.78, 5) is 14.3. The molecule has 1 unspecified atom stereocenters. The van der Waals surface area contributed by atoms with Crippen LogP contribution >= 0.6 is 15.9 Å². The second-order valence-corrected chi connectivity index (χ2v) is 4.80. The summed E-state index contributed by atoms with van der Waals surface area (Å²) in [5.41, 5.74) is 0.570. The zero-order valence-corrected chi connectivity index (χ0v) is 10.9. The molecule has 0 amide bonds. The van der Waals surface area contributed by atoms with Crippen LogP contribution in [0.4, 0.5) is 0 Å². The molecule has 0 aromatic carbocycles. The third kappa shape index (κ3) is 2.18. The fourth-order valence-corrected chi connectivity index (χ4v) is 2.32. The fraction of sp³-hybridized carbons (Fsp3) is 0.600. The molecule has 1 fully saturated rings. The largest absolute Gasteiger partial charge is 0.367 e. The van der Waals surface area contributed by atoms with Gasteiger partial charge in [0, 0.05) is 20.1 Å². The number of carbonyl (C=O) groups is 1. The van der Waals surface area contributed by atoms with Gasteiger partial charge in [-0.05, 0) is 23.0 Å². The number of likely N-dealkylation sites (N-methyl/N-ethyl adjacent to an activating group) is 1. The van der Waals surface area contributed by atoms with Crippen molar-refractivity contribution in [3.8, 4) is 0 Å². The highest BCUT2D eigenvalue weighted by atomic mass is 79.9. The quantitative estimate of drug-likeness (QED) is 0.751. The van der Waals surface area contributed by atoms with E-state index in [4.69, 9.17) is 4.74 Å². The maximum atomic E-state index is 12.2. The summed E-state index contributed by atoms with van der Waals surface area (Å²) >= 11 is 3.33. The maximum Gasteiger partial charge on any atom is 0.211 e. The minimum Gasteiger partial charge on any atom is -0.367 e. The first-order valence-corrected chi connectivity index (χ1v) is 5.90. The average Bonchev–Trinajstić information content (AvgIpc) is 2.58. The standard InChI is InChI=1S/C10H14BrN3O2/c1-13-3-4-16-8(6-13)10(15)9-7(11)5-12-14(9)2/h5,8H,3-4,6H2,1-2H3. The highest BCUT2D eigenvalue weighted by Gasteiger charge is 2.29. The number of Topliss-reactive ketones (excluding diaryl/α,β-unsaturated/α-hetero) is 1. The van der Waals surface area contributed by atoms with Crippen molar-refractivity contribution < 1.29 is 9.53 Å². The Hall–Kier alpha value is -0.720. The van der Waals surface area contributed by atoms with Crippen molar-refractivity contribution >= 4 is 21.7 Å². The number of hydrogen-bond donors (Lipinski definition) is 0. The van der Waals surface area contributed by atoms with Crippen molar-refractivity contribution in [2.45, 2.75) is 6.10 Å². The minimum atomic E-state index is -0.384. The van der Waals surface area contributed by atoms with Crippen molar-refractivity contribution in [1.29, 1.82) is 0 Å². The van der Waals surface area contributed by atoms with Gasteiger partial charge in [-0.2, -0.15) is 5.10 Å². The lowest BCUT2D eigenvalue weighted by Crippen LogP contribution is -2.44. The van der Waals surface area contributed by atoms with Crippen LogP contribution in [-0.2, 0) is 11.8 Å². The highest BCUT2D eigenvalue weighted by molar-refractivity contribution is 9.10. The maximum absolute atomic E-state index is 12.2. The number of morpholine rings is 1. The second-order valence-electron chi connectivity index (χ2n) is 3.95. The van der Waals surface area contributed by atoms with Gasteiger partial charge in [-0.15, -0.1) is 0 Å². The zero-order chi connectivity index (χ0) is 11.7. The number of ketones is 1. The predicted octanol–water partition coefficient (Wildman–Crippen LogP) is 0.696. The molecule has 5 nitrogen and oxygen atoms in total. The van der Waals surface area contributed by atoms with Crippen LogP contribution in [0.5, 0.6) is 0 Å². The van der Waals surface area contributed by atoms with E-state index in [2.05, 4.69) is 25.9 Å². The van der Waals surface area contributed by atoms with Crippen LogP contribution in [0.25, 0.3) is 0 Å². The number of rotatable bonds is 2. The number of ether oxygens (including phenoxy) is 1. The van der Waals surface area contributed by atoms with E-state index in [0.717, 1.165) is 11.0 Å². The van der Waals surface area contributed by atoms with Crippen LogP contribution in [0.15, 0.2) is 10.7 Å². The topological polar surface area (TPSA) is 47.4 Å². The predicted molar refractivity (Wildman–Crippen MR) is 62.5 cm³/mol. The van der Waals surface area contributed by atoms with E-state index in [-0.39, 0.29) is 11.9 Å². The van der Waals surface area contributed by atoms with Crippen LogP contribution in [0.3, 0.4) is 0 Å². The van der Waals surface area contributed by atoms with Crippen molar-refractivity contribution in [3.05, 3.63) is 16.4 Å². The number of halogens is 1. The number of aromatic nitrogens is 2. The molecule has 1 saturated heterocycles. The fourth-order valence-electron chi connectivity index (χ4n) is 1.78. The Morgan fingerprint density at radius 2 is 2.38 bits per heavy atom. The molecule has 0 spiro atoms. The van der Waals surface area contributed by atoms with Crippen molar-refractivity contribution in [3.63, 3.8) is 0 Å². The molecule has 1 atom stereocenters. The molecule has 0 aliphatic carbocycles. The molecule has 1 aromatic heterocycles. The van der Waals surface area contributed by atoms with E-state index in [9.17, 15) is 4.79 Å². The number of carbonyl (C=O) groups excluding carboxylic acids is 1. The number of aryl methyl sites for hydroxylation is 1. The van der Waals surface area contributed by atoms with Crippen molar-refractivity contribution in [2.75, 3.05) is 26.7 Å². The first kappa shape index (κ1) is 11.8. The molecule has 0 N–H and O–H groups in total. The average molecular weight is 288 g/mol. The van der Waals surface area contributed by atoms with Crippen LogP contribution < -0.4 is 0 Å². The van der Waals surface area contributed by atoms with E-state index >= 15 is 0 Å². The Bertz CT molecular complexity index is 385. The molecule has 1 aromatic rings. The molecule has 0 radical (unpaired) electrons. The molecule has 0 saturated carbocycles. The van der Waals surface area contributed by atoms with Crippen LogP contribution in [-0.4, -0.2) is 53.3 Å². The molecule has 2 rings (SSSR count). The van der Waals surface area contributed by atoms with E-state index in [1.54, 1.807) is 17.9 Å². The Morgan fingerprint density at radius 1 is 1.62 bits per heavy atom. The summed E-state index contributed by atoms with van der Waals surface area (Å²) in [6.45, 7) is 2.11. The molecule has 16 heavy (non-hydrogen) atoms. The van der Waals surface area contributed by atoms with Gasteiger partial charge in [-0.25, -0.2) is 0 Å². The van der Waals surface area contributed by atoms with Gasteiger partial charge in [0.2, 0.25) is 5.78 Å². The van der Waals surface area contributed by atoms with Gasteiger partial charge in [0.1, 0.15) is 11.8 Å². The summed E-state index contributed by atoms with van der Waals surface area (Å²) < 4.78 is 7.78. The SMILES string of the molecule is CN1CCOC(C(=O)c2c(Br)cnn2C)C1. The number of hydrogen-bond acceptors (Lipinski definition) is 4. The Morgan fingerprint density at radius 3 is 2.94 bits per heavy atom. The van der Waals surface area contributed by atoms with Crippen LogP contribution in [0.2, 0.25) is 0 Å². The van der Waals surface area contributed by atoms with Crippen molar-refractivity contribution in [2.24, 2.45) is 7.05 Å². The van der Waals surface area contributed by atoms with Gasteiger partial charge < -0.3 is 9.64 Å². The zero-order valence-electron chi connectivity index (χ0n) is 9.31. The van der Waals surface area contributed by atoms with E-state index in [1.165, 1.54) is 0 Å². The van der Waals surface area contributed by atoms with Crippen LogP contribution in [0.1, 0.15) is 10.5 Å². The van der Waals surface area contributed by atoms with Crippen molar-refractivity contribution in [1.82, 2.24) is 14.7 Å². The van der Waals surface area contributed by atoms with E-state index < -0.39 is 0 Å². The molecular formula is C10H14BrN3O2. The van der Waals surface area contributed by atoms with Gasteiger partial charge in [-0.3, -0.25) is 9.48 Å². The first-order chi connectivity index (χ1) is 7.59. The smallest absolute Gasteiger partial charge is 0.211 e. The van der Waals surface area contributed by atoms with E-state index in [0.29, 0.717) is 18.8 Å². The monoisotopic (exact) mass is 287 g/mol. The summed E-state index contributed by atoms with van der Waals surface area (Å²) in [5.74, 6) is -0.0153. The third-order valence-electron chi connectivity index (χ3n) is 2.69. The Kier molecular flexibility index (Phi) is 3.41. The van der Waals surface area contributed by atoms with Gasteiger partial charge >= 0.3 is 0 Å². The summed E-state index contributed by atoms with van der Waals surface area (Å²) in [5, 5.41) is 4.03. The van der Waals surface area contributed by atoms with Gasteiger partial charge in [0.15, 0.2) is 0 Å². The number of nitrogens with zero attached hydrogens (tertiary/aromatic N) is 3. The lowest BCUT2D eigenvalue weighted by atomic mass is 10.1. The molecule has 88 valence electrons. The molecule has 1 aliphatic heterocycles. The van der Waals surface area contributed by atoms with Gasteiger partial charge in [-0.1, -0.05) is 0 Å². The highest BCUT2D eigenvalue weighted by Crippen LogP contribution is 2.19. The molecule has 0 bridgehead atoms. The summed E-state index contributed by atoms with van der Waals surface area (Å²) in [6.07, 6.45) is 1.24. The Labute approximate surface area is 102 Å². The van der Waals surface area contributed by atoms with Gasteiger partial charge in [0.05, 0.1) is 17.3 Å². The van der Waals surface area contributed by atoms with Gasteiger partial charge in [0.25, 0.3) is 0 Å². The normalized spacial score (nSPS) is 22.3. The second kappa shape index (κ2) is 4.65. The molecular weight excluding hydrogens is 274 g/mol. The third-order valence-corrected chi connectivity index (χ3v) is 3.27. The molecule has 2 heterocycles. The first-order valence-electron chi connectivity index (χ1n) is 5.11.